The molecule has 2 rings (SSSR count). The van der Waals surface area contributed by atoms with Crippen LogP contribution in [-0.2, 0) is 19.1 Å². The van der Waals surface area contributed by atoms with E-state index < -0.39 is 18.0 Å². The highest BCUT2D eigenvalue weighted by atomic mass is 35.5. The van der Waals surface area contributed by atoms with E-state index in [1.807, 2.05) is 0 Å². The number of carbonyl (C=O) groups excluding carboxylic acids is 4. The third-order valence-electron chi connectivity index (χ3n) is 3.55. The minimum Gasteiger partial charge on any atom is -0.449 e. The van der Waals surface area contributed by atoms with Gasteiger partial charge in [-0.25, -0.2) is 4.79 Å². The number of ether oxygens (including phenoxy) is 1. The van der Waals surface area contributed by atoms with E-state index in [9.17, 15) is 19.2 Å². The molecule has 1 atom stereocenters. The van der Waals surface area contributed by atoms with Gasteiger partial charge >= 0.3 is 5.97 Å². The molecule has 8 nitrogen and oxygen atoms in total. The number of anilines is 3. The number of amides is 3. The molecule has 0 radical (unpaired) electrons. The van der Waals surface area contributed by atoms with Crippen molar-refractivity contribution in [3.63, 3.8) is 0 Å². The fourth-order valence-electron chi connectivity index (χ4n) is 2.39. The molecule has 0 saturated heterocycles. The third kappa shape index (κ3) is 6.93. The summed E-state index contributed by atoms with van der Waals surface area (Å²) in [6.45, 7) is 4.04. The van der Waals surface area contributed by atoms with Gasteiger partial charge in [0.15, 0.2) is 6.10 Å². The van der Waals surface area contributed by atoms with Crippen LogP contribution in [0.3, 0.4) is 0 Å². The molecule has 9 heteroatoms. The number of esters is 1. The van der Waals surface area contributed by atoms with Crippen LogP contribution >= 0.6 is 11.6 Å². The quantitative estimate of drug-likeness (QED) is 0.623. The fourth-order valence-corrected chi connectivity index (χ4v) is 2.58. The van der Waals surface area contributed by atoms with Gasteiger partial charge in [-0.15, -0.1) is 0 Å². The molecule has 0 aromatic heterocycles. The molecule has 0 bridgehead atoms. The van der Waals surface area contributed by atoms with Crippen LogP contribution in [0, 0.1) is 0 Å². The van der Waals surface area contributed by atoms with Crippen molar-refractivity contribution in [1.29, 1.82) is 0 Å². The van der Waals surface area contributed by atoms with Crippen molar-refractivity contribution in [3.05, 3.63) is 53.1 Å². The Labute approximate surface area is 172 Å². The summed E-state index contributed by atoms with van der Waals surface area (Å²) in [4.78, 5) is 47.4. The Morgan fingerprint density at radius 2 is 1.45 bits per heavy atom. The van der Waals surface area contributed by atoms with Crippen LogP contribution in [-0.4, -0.2) is 29.8 Å². The lowest BCUT2D eigenvalue weighted by Crippen LogP contribution is -2.30. The highest BCUT2D eigenvalue weighted by molar-refractivity contribution is 6.30. The molecule has 3 N–H and O–H groups in total. The van der Waals surface area contributed by atoms with Crippen LogP contribution in [0.15, 0.2) is 42.5 Å². The standard InChI is InChI=1S/C20H20ClN3O5/c1-11(19(27)24-16-6-4-5-15(21)9-16)29-20(28)14-7-17(22-12(2)25)10-18(8-14)23-13(3)26/h4-11H,1-3H3,(H,22,25)(H,23,26)(H,24,27). The van der Waals surface area contributed by atoms with Gasteiger partial charge in [0.25, 0.3) is 5.91 Å². The van der Waals surface area contributed by atoms with E-state index in [-0.39, 0.29) is 17.4 Å². The summed E-state index contributed by atoms with van der Waals surface area (Å²) in [6.07, 6.45) is -1.10. The number of carbonyl (C=O) groups is 4. The van der Waals surface area contributed by atoms with E-state index in [2.05, 4.69) is 16.0 Å². The van der Waals surface area contributed by atoms with Gasteiger partial charge in [0.05, 0.1) is 5.56 Å². The summed E-state index contributed by atoms with van der Waals surface area (Å²) >= 11 is 5.88. The maximum atomic E-state index is 12.5. The average molecular weight is 418 g/mol. The van der Waals surface area contributed by atoms with Gasteiger partial charge in [0.2, 0.25) is 11.8 Å². The fraction of sp³-hybridized carbons (Fsp3) is 0.200. The van der Waals surface area contributed by atoms with E-state index >= 15 is 0 Å². The molecule has 0 heterocycles. The Balaban J connectivity index is 2.14. The number of rotatable bonds is 6. The van der Waals surface area contributed by atoms with Gasteiger partial charge < -0.3 is 20.7 Å². The largest absolute Gasteiger partial charge is 0.449 e. The van der Waals surface area contributed by atoms with Gasteiger partial charge in [-0.05, 0) is 43.3 Å². The van der Waals surface area contributed by atoms with E-state index in [1.165, 1.54) is 39.0 Å². The van der Waals surface area contributed by atoms with Crippen LogP contribution < -0.4 is 16.0 Å². The molecule has 0 aliphatic carbocycles. The summed E-state index contributed by atoms with van der Waals surface area (Å²) in [5.41, 5.74) is 1.12. The molecule has 2 aromatic carbocycles. The predicted octanol–water partition coefficient (Wildman–Crippen LogP) is 3.44. The van der Waals surface area contributed by atoms with Gasteiger partial charge in [-0.3, -0.25) is 14.4 Å². The van der Waals surface area contributed by atoms with Gasteiger partial charge in [0.1, 0.15) is 0 Å². The summed E-state index contributed by atoms with van der Waals surface area (Å²) < 4.78 is 5.21. The maximum Gasteiger partial charge on any atom is 0.339 e. The first-order chi connectivity index (χ1) is 13.6. The molecule has 3 amide bonds. The smallest absolute Gasteiger partial charge is 0.339 e. The topological polar surface area (TPSA) is 114 Å². The van der Waals surface area contributed by atoms with Crippen molar-refractivity contribution in [2.75, 3.05) is 16.0 Å². The molecule has 0 saturated carbocycles. The number of hydrogen-bond donors (Lipinski definition) is 3. The van der Waals surface area contributed by atoms with Crippen molar-refractivity contribution < 1.29 is 23.9 Å². The Morgan fingerprint density at radius 3 is 1.97 bits per heavy atom. The number of hydrogen-bond acceptors (Lipinski definition) is 5. The molecule has 29 heavy (non-hydrogen) atoms. The average Bonchev–Trinajstić information content (AvgIpc) is 2.60. The van der Waals surface area contributed by atoms with Crippen LogP contribution in [0.5, 0.6) is 0 Å². The highest BCUT2D eigenvalue weighted by Gasteiger charge is 2.20. The zero-order valence-electron chi connectivity index (χ0n) is 16.0. The summed E-state index contributed by atoms with van der Waals surface area (Å²) in [6, 6.07) is 10.8. The molecular weight excluding hydrogens is 398 g/mol. The van der Waals surface area contributed by atoms with Gasteiger partial charge in [-0.1, -0.05) is 17.7 Å². The zero-order valence-corrected chi connectivity index (χ0v) is 16.8. The van der Waals surface area contributed by atoms with Crippen LogP contribution in [0.1, 0.15) is 31.1 Å². The predicted molar refractivity (Wildman–Crippen MR) is 110 cm³/mol. The Morgan fingerprint density at radius 1 is 0.862 bits per heavy atom. The van der Waals surface area contributed by atoms with E-state index in [1.54, 1.807) is 24.3 Å². The lowest BCUT2D eigenvalue weighted by atomic mass is 10.1. The molecule has 2 aromatic rings. The van der Waals surface area contributed by atoms with Crippen molar-refractivity contribution >= 4 is 52.4 Å². The van der Waals surface area contributed by atoms with Crippen molar-refractivity contribution in [1.82, 2.24) is 0 Å². The van der Waals surface area contributed by atoms with E-state index in [0.29, 0.717) is 22.1 Å². The Bertz CT molecular complexity index is 927. The van der Waals surface area contributed by atoms with Gasteiger partial charge in [0, 0.05) is 35.9 Å². The lowest BCUT2D eigenvalue weighted by molar-refractivity contribution is -0.123. The molecule has 0 aliphatic rings. The summed E-state index contributed by atoms with van der Waals surface area (Å²) in [5, 5.41) is 8.13. The van der Waals surface area contributed by atoms with Crippen molar-refractivity contribution in [2.45, 2.75) is 26.9 Å². The van der Waals surface area contributed by atoms with Crippen LogP contribution in [0.2, 0.25) is 5.02 Å². The Kier molecular flexibility index (Phi) is 7.33. The number of nitrogens with one attached hydrogen (secondary N) is 3. The first-order valence-electron chi connectivity index (χ1n) is 8.61. The molecule has 152 valence electrons. The lowest BCUT2D eigenvalue weighted by Gasteiger charge is -2.15. The molecule has 0 aliphatic heterocycles. The normalized spacial score (nSPS) is 11.2. The summed E-state index contributed by atoms with van der Waals surface area (Å²) in [5.74, 6) is -2.03. The van der Waals surface area contributed by atoms with E-state index in [0.717, 1.165) is 0 Å². The second-order valence-electron chi connectivity index (χ2n) is 6.21. The van der Waals surface area contributed by atoms with Crippen LogP contribution in [0.25, 0.3) is 0 Å². The SMILES string of the molecule is CC(=O)Nc1cc(NC(C)=O)cc(C(=O)OC(C)C(=O)Nc2cccc(Cl)c2)c1. The number of benzene rings is 2. The molecule has 0 fully saturated rings. The third-order valence-corrected chi connectivity index (χ3v) is 3.79. The maximum absolute atomic E-state index is 12.5. The first-order valence-corrected chi connectivity index (χ1v) is 8.99. The van der Waals surface area contributed by atoms with Crippen LogP contribution in [0.4, 0.5) is 17.1 Å². The molecule has 0 spiro atoms. The molecular formula is C20H20ClN3O5. The second-order valence-corrected chi connectivity index (χ2v) is 6.64. The monoisotopic (exact) mass is 417 g/mol. The van der Waals surface area contributed by atoms with Gasteiger partial charge in [-0.2, -0.15) is 0 Å². The Hall–Kier alpha value is -3.39. The number of halogens is 1. The highest BCUT2D eigenvalue weighted by Crippen LogP contribution is 2.21. The summed E-state index contributed by atoms with van der Waals surface area (Å²) in [7, 11) is 0. The van der Waals surface area contributed by atoms with Crippen molar-refractivity contribution in [2.24, 2.45) is 0 Å². The van der Waals surface area contributed by atoms with E-state index in [4.69, 9.17) is 16.3 Å². The second kappa shape index (κ2) is 9.70. The van der Waals surface area contributed by atoms with Crippen molar-refractivity contribution in [3.8, 4) is 0 Å². The first kappa shape index (κ1) is 21.9. The molecule has 1 unspecified atom stereocenters. The minimum absolute atomic E-state index is 0.0578. The minimum atomic E-state index is -1.10. The zero-order chi connectivity index (χ0) is 21.6.